The maximum atomic E-state index is 13.1. The zero-order chi connectivity index (χ0) is 21.3. The summed E-state index contributed by atoms with van der Waals surface area (Å²) in [7, 11) is -3.91. The third-order valence-corrected chi connectivity index (χ3v) is 7.19. The first-order valence-corrected chi connectivity index (χ1v) is 12.1. The third-order valence-electron chi connectivity index (χ3n) is 4.37. The molecule has 3 aromatic heterocycles. The Labute approximate surface area is 182 Å². The van der Waals surface area contributed by atoms with Gasteiger partial charge in [0.05, 0.1) is 21.2 Å². The van der Waals surface area contributed by atoms with Crippen molar-refractivity contribution in [2.24, 2.45) is 0 Å². The van der Waals surface area contributed by atoms with E-state index in [1.165, 1.54) is 40.1 Å². The van der Waals surface area contributed by atoms with Crippen molar-refractivity contribution >= 4 is 54.5 Å². The molecule has 4 rings (SSSR count). The van der Waals surface area contributed by atoms with Gasteiger partial charge in [-0.25, -0.2) is 13.4 Å². The summed E-state index contributed by atoms with van der Waals surface area (Å²) in [5, 5.41) is 13.5. The van der Waals surface area contributed by atoms with Crippen LogP contribution >= 0.6 is 22.9 Å². The topological polar surface area (TPSA) is 98.5 Å². The minimum absolute atomic E-state index is 0.0851. The Hall–Kier alpha value is -2.27. The number of sulfone groups is 1. The van der Waals surface area contributed by atoms with E-state index in [9.17, 15) is 8.42 Å². The highest BCUT2D eigenvalue weighted by Gasteiger charge is 2.27. The van der Waals surface area contributed by atoms with Gasteiger partial charge >= 0.3 is 0 Å². The van der Waals surface area contributed by atoms with E-state index in [1.807, 2.05) is 25.3 Å². The summed E-state index contributed by atoms with van der Waals surface area (Å²) >= 11 is 7.39. The van der Waals surface area contributed by atoms with Gasteiger partial charge in [-0.05, 0) is 56.0 Å². The summed E-state index contributed by atoms with van der Waals surface area (Å²) in [6.07, 6.45) is 0.979. The molecule has 0 aliphatic heterocycles. The predicted octanol–water partition coefficient (Wildman–Crippen LogP) is 4.05. The van der Waals surface area contributed by atoms with Crippen LogP contribution in [0.3, 0.4) is 0 Å². The van der Waals surface area contributed by atoms with Crippen molar-refractivity contribution in [2.75, 3.05) is 18.5 Å². The fourth-order valence-electron chi connectivity index (χ4n) is 2.94. The lowest BCUT2D eigenvalue weighted by Gasteiger charge is -2.10. The van der Waals surface area contributed by atoms with Crippen molar-refractivity contribution in [3.63, 3.8) is 0 Å². The average molecular weight is 466 g/mol. The first kappa shape index (κ1) is 21.0. The average Bonchev–Trinajstić information content (AvgIpc) is 3.34. The number of halogens is 1. The van der Waals surface area contributed by atoms with Crippen molar-refractivity contribution in [1.29, 1.82) is 0 Å². The molecule has 0 aliphatic rings. The number of hydrogen-bond donors (Lipinski definition) is 1. The number of hydrogen-bond acceptors (Lipinski definition) is 8. The van der Waals surface area contributed by atoms with E-state index in [4.69, 9.17) is 16.3 Å². The van der Waals surface area contributed by atoms with Crippen LogP contribution in [0.4, 0.5) is 5.82 Å². The summed E-state index contributed by atoms with van der Waals surface area (Å²) in [6, 6.07) is 7.81. The second kappa shape index (κ2) is 8.46. The summed E-state index contributed by atoms with van der Waals surface area (Å²) in [5.41, 5.74) is 0.924. The molecule has 30 heavy (non-hydrogen) atoms. The molecule has 1 aromatic carbocycles. The lowest BCUT2D eigenvalue weighted by Crippen LogP contribution is -2.11. The largest absolute Gasteiger partial charge is 0.379 e. The third kappa shape index (κ3) is 4.00. The van der Waals surface area contributed by atoms with Gasteiger partial charge in [-0.2, -0.15) is 4.52 Å². The summed E-state index contributed by atoms with van der Waals surface area (Å²) in [5.74, 6) is 0.604. The Balaban J connectivity index is 1.72. The molecule has 0 aliphatic carbocycles. The van der Waals surface area contributed by atoms with Gasteiger partial charge in [0.2, 0.25) is 14.9 Å². The maximum Gasteiger partial charge on any atom is 0.229 e. The Bertz CT molecular complexity index is 1280. The van der Waals surface area contributed by atoms with Gasteiger partial charge in [0.15, 0.2) is 5.65 Å². The van der Waals surface area contributed by atoms with Gasteiger partial charge in [-0.3, -0.25) is 0 Å². The van der Waals surface area contributed by atoms with Gasteiger partial charge in [0.1, 0.15) is 5.82 Å². The molecule has 0 unspecified atom stereocenters. The lowest BCUT2D eigenvalue weighted by atomic mass is 10.4. The summed E-state index contributed by atoms with van der Waals surface area (Å²) < 4.78 is 34.2. The molecule has 1 N–H and O–H groups in total. The highest BCUT2D eigenvalue weighted by atomic mass is 35.5. The van der Waals surface area contributed by atoms with Crippen molar-refractivity contribution in [2.45, 2.75) is 36.3 Å². The smallest absolute Gasteiger partial charge is 0.229 e. The standard InChI is InChI=1S/C19H20ClN5O3S2/c1-12(2)28-10-3-9-21-17-16-15(8-11-29-16)25-18(22-17)19(23-24-25)30(26,27)14-6-4-13(20)5-7-14/h4-8,11-12H,3,9-10H2,1-2H3,(H,21,22). The number of anilines is 1. The highest BCUT2D eigenvalue weighted by molar-refractivity contribution is 7.91. The molecule has 158 valence electrons. The Morgan fingerprint density at radius 2 is 2.00 bits per heavy atom. The normalized spacial score (nSPS) is 12.3. The first-order chi connectivity index (χ1) is 14.4. The second-order valence-electron chi connectivity index (χ2n) is 6.88. The fourth-order valence-corrected chi connectivity index (χ4v) is 5.14. The van der Waals surface area contributed by atoms with Crippen LogP contribution in [-0.2, 0) is 14.6 Å². The van der Waals surface area contributed by atoms with Crippen LogP contribution in [0.25, 0.3) is 15.9 Å². The molecule has 0 saturated carbocycles. The van der Waals surface area contributed by atoms with Crippen LogP contribution in [0.15, 0.2) is 45.6 Å². The van der Waals surface area contributed by atoms with E-state index in [-0.39, 0.29) is 21.7 Å². The van der Waals surface area contributed by atoms with Crippen LogP contribution in [0, 0.1) is 0 Å². The van der Waals surface area contributed by atoms with Crippen molar-refractivity contribution in [1.82, 2.24) is 19.8 Å². The highest BCUT2D eigenvalue weighted by Crippen LogP contribution is 2.31. The number of rotatable bonds is 8. The van der Waals surface area contributed by atoms with Gasteiger partial charge in [-0.15, -0.1) is 16.4 Å². The van der Waals surface area contributed by atoms with E-state index in [1.54, 1.807) is 0 Å². The van der Waals surface area contributed by atoms with Crippen LogP contribution in [-0.4, -0.2) is 47.5 Å². The SMILES string of the molecule is CC(C)OCCCNc1nc2c(S(=O)(=O)c3ccc(Cl)cc3)nnn2c2ccsc12. The molecule has 11 heteroatoms. The Morgan fingerprint density at radius 3 is 2.73 bits per heavy atom. The maximum absolute atomic E-state index is 13.1. The van der Waals surface area contributed by atoms with E-state index >= 15 is 0 Å². The zero-order valence-corrected chi connectivity index (χ0v) is 18.8. The van der Waals surface area contributed by atoms with Gasteiger partial charge in [-0.1, -0.05) is 16.8 Å². The zero-order valence-electron chi connectivity index (χ0n) is 16.4. The Morgan fingerprint density at radius 1 is 1.23 bits per heavy atom. The van der Waals surface area contributed by atoms with E-state index in [2.05, 4.69) is 20.6 Å². The number of nitrogens with one attached hydrogen (secondary N) is 1. The van der Waals surface area contributed by atoms with E-state index in [0.29, 0.717) is 24.0 Å². The lowest BCUT2D eigenvalue weighted by molar-refractivity contribution is 0.0787. The van der Waals surface area contributed by atoms with Gasteiger partial charge in [0.25, 0.3) is 0 Å². The van der Waals surface area contributed by atoms with E-state index < -0.39 is 9.84 Å². The summed E-state index contributed by atoms with van der Waals surface area (Å²) in [4.78, 5) is 4.65. The molecular formula is C19H20ClN5O3S2. The van der Waals surface area contributed by atoms with Crippen molar-refractivity contribution in [3.05, 3.63) is 40.7 Å². The van der Waals surface area contributed by atoms with Crippen LogP contribution < -0.4 is 5.32 Å². The molecule has 0 fully saturated rings. The molecule has 0 atom stereocenters. The fraction of sp³-hybridized carbons (Fsp3) is 0.316. The monoisotopic (exact) mass is 465 g/mol. The van der Waals surface area contributed by atoms with Crippen molar-refractivity contribution in [3.8, 4) is 0 Å². The van der Waals surface area contributed by atoms with Crippen LogP contribution in [0.2, 0.25) is 5.02 Å². The number of nitrogens with zero attached hydrogens (tertiary/aromatic N) is 4. The molecule has 0 bridgehead atoms. The number of thiophene rings is 1. The molecule has 0 saturated heterocycles. The Kier molecular flexibility index (Phi) is 5.92. The molecule has 0 amide bonds. The minimum atomic E-state index is -3.91. The number of benzene rings is 1. The minimum Gasteiger partial charge on any atom is -0.379 e. The first-order valence-electron chi connectivity index (χ1n) is 9.36. The number of aromatic nitrogens is 4. The molecule has 0 spiro atoms. The number of fused-ring (bicyclic) bond motifs is 3. The van der Waals surface area contributed by atoms with Gasteiger partial charge < -0.3 is 10.1 Å². The molecule has 8 nitrogen and oxygen atoms in total. The number of ether oxygens (including phenoxy) is 1. The van der Waals surface area contributed by atoms with Crippen LogP contribution in [0.1, 0.15) is 20.3 Å². The van der Waals surface area contributed by atoms with Crippen LogP contribution in [0.5, 0.6) is 0 Å². The van der Waals surface area contributed by atoms with Crippen molar-refractivity contribution < 1.29 is 13.2 Å². The molecule has 0 radical (unpaired) electrons. The van der Waals surface area contributed by atoms with Gasteiger partial charge in [0, 0.05) is 18.2 Å². The second-order valence-corrected chi connectivity index (χ2v) is 10.1. The molecule has 4 aromatic rings. The summed E-state index contributed by atoms with van der Waals surface area (Å²) in [6.45, 7) is 5.26. The molecular weight excluding hydrogens is 446 g/mol. The van der Waals surface area contributed by atoms with E-state index in [0.717, 1.165) is 16.6 Å². The molecule has 3 heterocycles. The quantitative estimate of drug-likeness (QED) is 0.392. The predicted molar refractivity (Wildman–Crippen MR) is 117 cm³/mol.